The fourth-order valence-electron chi connectivity index (χ4n) is 7.34. The van der Waals surface area contributed by atoms with E-state index in [1.54, 1.807) is 20.8 Å². The highest BCUT2D eigenvalue weighted by atomic mass is 19.1. The molecule has 7 atom stereocenters. The van der Waals surface area contributed by atoms with Gasteiger partial charge in [0.2, 0.25) is 0 Å². The van der Waals surface area contributed by atoms with Gasteiger partial charge in [-0.2, -0.15) is 0 Å². The van der Waals surface area contributed by atoms with Crippen molar-refractivity contribution in [3.05, 3.63) is 11.6 Å². The molecule has 0 amide bonds. The molecular formula is C22H29FO5. The molecule has 3 saturated carbocycles. The lowest BCUT2D eigenvalue weighted by atomic mass is 9.44. The van der Waals surface area contributed by atoms with Crippen LogP contribution in [0, 0.1) is 28.6 Å². The summed E-state index contributed by atoms with van der Waals surface area (Å²) in [5.41, 5.74) is -5.29. The quantitative estimate of drug-likeness (QED) is 0.753. The van der Waals surface area contributed by atoms with Gasteiger partial charge in [-0.3, -0.25) is 14.4 Å². The van der Waals surface area contributed by atoms with Crippen molar-refractivity contribution in [2.24, 2.45) is 28.6 Å². The molecule has 0 aliphatic heterocycles. The first-order valence-electron chi connectivity index (χ1n) is 10.3. The minimum absolute atomic E-state index is 0.0139. The summed E-state index contributed by atoms with van der Waals surface area (Å²) in [6.45, 7) is 4.43. The number of halogens is 1. The summed E-state index contributed by atoms with van der Waals surface area (Å²) in [6, 6.07) is 0. The normalized spacial score (nSPS) is 50.5. The maximum Gasteiger partial charge on any atom is 0.190 e. The predicted octanol–water partition coefficient (Wildman–Crippen LogP) is 2.33. The van der Waals surface area contributed by atoms with Crippen LogP contribution in [0.5, 0.6) is 0 Å². The summed E-state index contributed by atoms with van der Waals surface area (Å²) in [5.74, 6) is -2.67. The van der Waals surface area contributed by atoms with E-state index in [1.807, 2.05) is 0 Å². The van der Waals surface area contributed by atoms with E-state index in [4.69, 9.17) is 0 Å². The molecule has 3 fully saturated rings. The Morgan fingerprint density at radius 3 is 2.57 bits per heavy atom. The molecule has 1 unspecified atom stereocenters. The van der Waals surface area contributed by atoms with Crippen molar-refractivity contribution in [3.8, 4) is 0 Å². The van der Waals surface area contributed by atoms with Crippen LogP contribution >= 0.6 is 0 Å². The molecule has 0 spiro atoms. The van der Waals surface area contributed by atoms with Crippen LogP contribution in [0.1, 0.15) is 59.3 Å². The third kappa shape index (κ3) is 2.01. The first-order valence-corrected chi connectivity index (χ1v) is 10.3. The van der Waals surface area contributed by atoms with Gasteiger partial charge in [0, 0.05) is 29.6 Å². The van der Waals surface area contributed by atoms with Gasteiger partial charge in [0.25, 0.3) is 0 Å². The molecule has 0 aromatic carbocycles. The number of aliphatic hydroxyl groups excluding tert-OH is 1. The second-order valence-electron chi connectivity index (χ2n) is 9.93. The number of hydrogen-bond acceptors (Lipinski definition) is 5. The number of hydrogen-bond donors (Lipinski definition) is 2. The highest BCUT2D eigenvalue weighted by Gasteiger charge is 2.75. The molecule has 0 aromatic rings. The van der Waals surface area contributed by atoms with Crippen LogP contribution in [0.3, 0.4) is 0 Å². The van der Waals surface area contributed by atoms with Crippen LogP contribution in [0.15, 0.2) is 11.6 Å². The van der Waals surface area contributed by atoms with E-state index >= 15 is 4.39 Å². The Labute approximate surface area is 164 Å². The molecule has 0 saturated heterocycles. The zero-order chi connectivity index (χ0) is 20.7. The van der Waals surface area contributed by atoms with Crippen molar-refractivity contribution in [3.63, 3.8) is 0 Å². The zero-order valence-electron chi connectivity index (χ0n) is 16.8. The average molecular weight is 392 g/mol. The lowest BCUT2D eigenvalue weighted by molar-refractivity contribution is -0.191. The third-order valence-electron chi connectivity index (χ3n) is 8.95. The number of Topliss-reactive ketones (excluding diaryl/α,β-unsaturated/α-hetero) is 2. The van der Waals surface area contributed by atoms with Gasteiger partial charge in [0.15, 0.2) is 23.0 Å². The van der Waals surface area contributed by atoms with Crippen molar-refractivity contribution in [2.45, 2.75) is 70.6 Å². The van der Waals surface area contributed by atoms with Gasteiger partial charge >= 0.3 is 0 Å². The third-order valence-corrected chi connectivity index (χ3v) is 8.95. The molecule has 0 radical (unpaired) electrons. The Morgan fingerprint density at radius 2 is 1.93 bits per heavy atom. The topological polar surface area (TPSA) is 91.7 Å². The number of alkyl halides is 1. The average Bonchev–Trinajstić information content (AvgIpc) is 2.84. The summed E-state index contributed by atoms with van der Waals surface area (Å²) in [6.07, 6.45) is 3.27. The lowest BCUT2D eigenvalue weighted by Crippen LogP contribution is -2.68. The van der Waals surface area contributed by atoms with Crippen molar-refractivity contribution in [1.82, 2.24) is 0 Å². The Hall–Kier alpha value is -1.40. The van der Waals surface area contributed by atoms with Gasteiger partial charge in [-0.1, -0.05) is 26.3 Å². The summed E-state index contributed by atoms with van der Waals surface area (Å²) < 4.78 is 16.8. The van der Waals surface area contributed by atoms with E-state index in [-0.39, 0.29) is 24.5 Å². The number of carbonyl (C=O) groups is 3. The minimum atomic E-state index is -2.09. The standard InChI is InChI=1S/C22H29FO5/c1-12-8-16-15-5-4-13-9-14(25)6-7-19(13,2)21(15,23)17(26)10-20(16,3)22(12,28)18(27)11-24/h9,12,15-16,24,28H,4-8,10-11H2,1-3H3/t12?,15-,16-,19-,20-,21-,22-/m0/s1. The van der Waals surface area contributed by atoms with Gasteiger partial charge < -0.3 is 10.2 Å². The van der Waals surface area contributed by atoms with Crippen molar-refractivity contribution >= 4 is 17.3 Å². The number of rotatable bonds is 2. The number of fused-ring (bicyclic) bond motifs is 5. The monoisotopic (exact) mass is 392 g/mol. The Balaban J connectivity index is 1.84. The first kappa shape index (κ1) is 19.9. The SMILES string of the molecule is CC1C[C@H]2[C@@H]3CCC4=CC(=O)CC[C@]4(C)[C@@]3(F)C(=O)C[C@]2(C)[C@@]1(O)C(=O)CO. The Morgan fingerprint density at radius 1 is 1.25 bits per heavy atom. The van der Waals surface area contributed by atoms with E-state index < -0.39 is 52.1 Å². The van der Waals surface area contributed by atoms with E-state index in [0.29, 0.717) is 25.7 Å². The van der Waals surface area contributed by atoms with Crippen molar-refractivity contribution in [2.75, 3.05) is 6.61 Å². The lowest BCUT2D eigenvalue weighted by Gasteiger charge is -2.60. The molecule has 154 valence electrons. The molecule has 4 rings (SSSR count). The van der Waals surface area contributed by atoms with Crippen LogP contribution < -0.4 is 0 Å². The van der Waals surface area contributed by atoms with Gasteiger partial charge in [-0.05, 0) is 43.6 Å². The first-order chi connectivity index (χ1) is 13.0. The van der Waals surface area contributed by atoms with Gasteiger partial charge in [-0.15, -0.1) is 0 Å². The summed E-state index contributed by atoms with van der Waals surface area (Å²) in [5, 5.41) is 20.8. The fourth-order valence-corrected chi connectivity index (χ4v) is 7.34. The largest absolute Gasteiger partial charge is 0.388 e. The summed E-state index contributed by atoms with van der Waals surface area (Å²) >= 11 is 0. The summed E-state index contributed by atoms with van der Waals surface area (Å²) in [4.78, 5) is 37.8. The molecule has 0 aromatic heterocycles. The molecule has 6 heteroatoms. The smallest absolute Gasteiger partial charge is 0.190 e. The Kier molecular flexibility index (Phi) is 4.13. The van der Waals surface area contributed by atoms with Crippen molar-refractivity contribution < 1.29 is 29.0 Å². The maximum atomic E-state index is 16.8. The molecule has 0 heterocycles. The minimum Gasteiger partial charge on any atom is -0.388 e. The number of carbonyl (C=O) groups excluding carboxylic acids is 3. The maximum absolute atomic E-state index is 16.8. The van der Waals surface area contributed by atoms with E-state index in [2.05, 4.69) is 0 Å². The summed E-state index contributed by atoms with van der Waals surface area (Å²) in [7, 11) is 0. The molecule has 0 bridgehead atoms. The van der Waals surface area contributed by atoms with Crippen LogP contribution in [0.25, 0.3) is 0 Å². The van der Waals surface area contributed by atoms with E-state index in [9.17, 15) is 24.6 Å². The van der Waals surface area contributed by atoms with E-state index in [1.165, 1.54) is 6.08 Å². The molecule has 28 heavy (non-hydrogen) atoms. The van der Waals surface area contributed by atoms with Gasteiger partial charge in [-0.25, -0.2) is 4.39 Å². The second kappa shape index (κ2) is 5.82. The molecule has 2 N–H and O–H groups in total. The molecular weight excluding hydrogens is 363 g/mol. The van der Waals surface area contributed by atoms with Crippen LogP contribution in [0.2, 0.25) is 0 Å². The number of aliphatic hydroxyl groups is 2. The fraction of sp³-hybridized carbons (Fsp3) is 0.773. The van der Waals surface area contributed by atoms with Crippen LogP contribution in [-0.2, 0) is 14.4 Å². The van der Waals surface area contributed by atoms with Gasteiger partial charge in [0.05, 0.1) is 0 Å². The van der Waals surface area contributed by atoms with Crippen molar-refractivity contribution in [1.29, 1.82) is 0 Å². The van der Waals surface area contributed by atoms with Gasteiger partial charge in [0.1, 0.15) is 12.2 Å². The second-order valence-corrected chi connectivity index (χ2v) is 9.93. The Bertz CT molecular complexity index is 805. The highest BCUT2D eigenvalue weighted by molar-refractivity contribution is 5.97. The van der Waals surface area contributed by atoms with E-state index in [0.717, 1.165) is 5.57 Å². The predicted molar refractivity (Wildman–Crippen MR) is 99.0 cm³/mol. The number of allylic oxidation sites excluding steroid dienone is 1. The van der Waals surface area contributed by atoms with Crippen LogP contribution in [0.4, 0.5) is 4.39 Å². The molecule has 4 aliphatic rings. The number of ketones is 3. The van der Waals surface area contributed by atoms with Crippen LogP contribution in [-0.4, -0.2) is 45.4 Å². The zero-order valence-corrected chi connectivity index (χ0v) is 16.8. The molecule has 4 aliphatic carbocycles. The highest BCUT2D eigenvalue weighted by Crippen LogP contribution is 2.70. The molecule has 5 nitrogen and oxygen atoms in total.